The van der Waals surface area contributed by atoms with E-state index in [-0.39, 0.29) is 6.10 Å². The molecule has 3 nitrogen and oxygen atoms in total. The predicted octanol–water partition coefficient (Wildman–Crippen LogP) is 1.84. The summed E-state index contributed by atoms with van der Waals surface area (Å²) in [6.45, 7) is 8.58. The third-order valence-corrected chi connectivity index (χ3v) is 5.12. The van der Waals surface area contributed by atoms with Crippen LogP contribution in [0.5, 0.6) is 0 Å². The van der Waals surface area contributed by atoms with Crippen molar-refractivity contribution < 1.29 is 5.11 Å². The van der Waals surface area contributed by atoms with Gasteiger partial charge < -0.3 is 15.7 Å². The Bertz CT molecular complexity index is 271. The summed E-state index contributed by atoms with van der Waals surface area (Å²) in [5.41, 5.74) is 6.45. The smallest absolute Gasteiger partial charge is 0.0590 e. The van der Waals surface area contributed by atoms with Crippen molar-refractivity contribution in [1.29, 1.82) is 0 Å². The normalized spacial score (nSPS) is 43.0. The first kappa shape index (κ1) is 14.3. The van der Waals surface area contributed by atoms with Crippen molar-refractivity contribution >= 4 is 0 Å². The number of nitrogens with two attached hydrogens (primary N) is 1. The average molecular weight is 254 g/mol. The zero-order chi connectivity index (χ0) is 13.2. The van der Waals surface area contributed by atoms with Gasteiger partial charge in [0.05, 0.1) is 6.10 Å². The molecule has 1 saturated heterocycles. The second kappa shape index (κ2) is 5.89. The van der Waals surface area contributed by atoms with E-state index in [0.29, 0.717) is 11.3 Å². The van der Waals surface area contributed by atoms with Crippen LogP contribution in [0.15, 0.2) is 0 Å². The molecule has 0 aromatic rings. The van der Waals surface area contributed by atoms with E-state index in [9.17, 15) is 5.11 Å². The fourth-order valence-electron chi connectivity index (χ4n) is 4.00. The van der Waals surface area contributed by atoms with Gasteiger partial charge in [0.15, 0.2) is 0 Å². The van der Waals surface area contributed by atoms with Gasteiger partial charge in [0, 0.05) is 19.6 Å². The quantitative estimate of drug-likeness (QED) is 0.808. The Kier molecular flexibility index (Phi) is 4.68. The van der Waals surface area contributed by atoms with Crippen LogP contribution in [0.2, 0.25) is 0 Å². The molecule has 4 unspecified atom stereocenters. The van der Waals surface area contributed by atoms with Crippen LogP contribution in [0, 0.1) is 17.3 Å². The van der Waals surface area contributed by atoms with Gasteiger partial charge in [-0.25, -0.2) is 0 Å². The molecule has 0 aromatic heterocycles. The molecule has 106 valence electrons. The van der Waals surface area contributed by atoms with E-state index in [1.165, 1.54) is 25.7 Å². The first-order valence-corrected chi connectivity index (χ1v) is 7.65. The molecule has 1 heterocycles. The van der Waals surface area contributed by atoms with E-state index in [1.54, 1.807) is 0 Å². The maximum Gasteiger partial charge on any atom is 0.0590 e. The predicted molar refractivity (Wildman–Crippen MR) is 75.3 cm³/mol. The van der Waals surface area contributed by atoms with Crippen LogP contribution >= 0.6 is 0 Å². The number of rotatable bonds is 3. The minimum atomic E-state index is -0.0969. The fraction of sp³-hybridized carbons (Fsp3) is 1.00. The van der Waals surface area contributed by atoms with E-state index in [2.05, 4.69) is 18.7 Å². The maximum absolute atomic E-state index is 9.81. The van der Waals surface area contributed by atoms with Gasteiger partial charge in [-0.1, -0.05) is 26.7 Å². The Hall–Kier alpha value is -0.120. The number of piperidine rings is 1. The topological polar surface area (TPSA) is 49.5 Å². The molecule has 0 radical (unpaired) electrons. The lowest BCUT2D eigenvalue weighted by atomic mass is 9.69. The highest BCUT2D eigenvalue weighted by Gasteiger charge is 2.36. The van der Waals surface area contributed by atoms with Gasteiger partial charge in [-0.05, 0) is 43.1 Å². The summed E-state index contributed by atoms with van der Waals surface area (Å²) in [5.74, 6) is 1.24. The standard InChI is InChI=1S/C15H30N2O/c1-12-4-3-6-15(8-12,10-16)11-17-7-5-14(18)13(2)9-17/h12-14,18H,3-11,16H2,1-2H3. The third kappa shape index (κ3) is 3.25. The summed E-state index contributed by atoms with van der Waals surface area (Å²) in [4.78, 5) is 2.54. The molecule has 0 spiro atoms. The lowest BCUT2D eigenvalue weighted by molar-refractivity contribution is 0.00573. The third-order valence-electron chi connectivity index (χ3n) is 5.12. The molecule has 1 aliphatic heterocycles. The SMILES string of the molecule is CC1CCCC(CN)(CN2CCC(O)C(C)C2)C1. The largest absolute Gasteiger partial charge is 0.393 e. The average Bonchev–Trinajstić information content (AvgIpc) is 2.34. The number of nitrogens with zero attached hydrogens (tertiary/aromatic N) is 1. The summed E-state index contributed by atoms with van der Waals surface area (Å²) < 4.78 is 0. The highest BCUT2D eigenvalue weighted by Crippen LogP contribution is 2.39. The molecule has 1 aliphatic carbocycles. The van der Waals surface area contributed by atoms with Gasteiger partial charge >= 0.3 is 0 Å². The molecule has 3 heteroatoms. The lowest BCUT2D eigenvalue weighted by Gasteiger charge is -2.45. The summed E-state index contributed by atoms with van der Waals surface area (Å²) in [5, 5.41) is 9.81. The van der Waals surface area contributed by atoms with Crippen molar-refractivity contribution in [3.05, 3.63) is 0 Å². The summed E-state index contributed by atoms with van der Waals surface area (Å²) in [6, 6.07) is 0. The molecule has 3 N–H and O–H groups in total. The molecule has 0 bridgehead atoms. The molecule has 2 aliphatic rings. The van der Waals surface area contributed by atoms with Gasteiger partial charge in [-0.2, -0.15) is 0 Å². The number of likely N-dealkylation sites (tertiary alicyclic amines) is 1. The van der Waals surface area contributed by atoms with E-state index in [0.717, 1.165) is 38.5 Å². The van der Waals surface area contributed by atoms with E-state index < -0.39 is 0 Å². The van der Waals surface area contributed by atoms with Gasteiger partial charge in [0.25, 0.3) is 0 Å². The lowest BCUT2D eigenvalue weighted by Crippen LogP contribution is -2.50. The van der Waals surface area contributed by atoms with Crippen LogP contribution < -0.4 is 5.73 Å². The number of hydrogen-bond acceptors (Lipinski definition) is 3. The van der Waals surface area contributed by atoms with E-state index >= 15 is 0 Å². The molecule has 0 aromatic carbocycles. The molecule has 1 saturated carbocycles. The first-order chi connectivity index (χ1) is 8.54. The van der Waals surface area contributed by atoms with Crippen molar-refractivity contribution in [2.45, 2.75) is 52.1 Å². The van der Waals surface area contributed by atoms with Crippen LogP contribution in [0.25, 0.3) is 0 Å². The summed E-state index contributed by atoms with van der Waals surface area (Å²) >= 11 is 0. The van der Waals surface area contributed by atoms with Gasteiger partial charge in [0.2, 0.25) is 0 Å². The monoisotopic (exact) mass is 254 g/mol. The zero-order valence-corrected chi connectivity index (χ0v) is 12.1. The summed E-state index contributed by atoms with van der Waals surface area (Å²) in [7, 11) is 0. The van der Waals surface area contributed by atoms with E-state index in [1.807, 2.05) is 0 Å². The molecular formula is C15H30N2O. The fourth-order valence-corrected chi connectivity index (χ4v) is 4.00. The van der Waals surface area contributed by atoms with Crippen LogP contribution in [-0.4, -0.2) is 42.3 Å². The Balaban J connectivity index is 1.93. The van der Waals surface area contributed by atoms with Crippen LogP contribution in [0.4, 0.5) is 0 Å². The van der Waals surface area contributed by atoms with Crippen molar-refractivity contribution in [3.63, 3.8) is 0 Å². The van der Waals surface area contributed by atoms with Gasteiger partial charge in [-0.3, -0.25) is 0 Å². The van der Waals surface area contributed by atoms with Crippen molar-refractivity contribution in [2.24, 2.45) is 23.0 Å². The van der Waals surface area contributed by atoms with Crippen molar-refractivity contribution in [1.82, 2.24) is 4.90 Å². The highest BCUT2D eigenvalue weighted by atomic mass is 16.3. The van der Waals surface area contributed by atoms with Crippen LogP contribution in [0.1, 0.15) is 46.0 Å². The molecule has 0 amide bonds. The second-order valence-electron chi connectivity index (χ2n) is 6.97. The Morgan fingerprint density at radius 2 is 2.11 bits per heavy atom. The molecule has 18 heavy (non-hydrogen) atoms. The molecule has 4 atom stereocenters. The Morgan fingerprint density at radius 1 is 1.33 bits per heavy atom. The van der Waals surface area contributed by atoms with Crippen molar-refractivity contribution in [3.8, 4) is 0 Å². The minimum Gasteiger partial charge on any atom is -0.393 e. The van der Waals surface area contributed by atoms with E-state index in [4.69, 9.17) is 5.73 Å². The van der Waals surface area contributed by atoms with Crippen LogP contribution in [0.3, 0.4) is 0 Å². The Morgan fingerprint density at radius 3 is 2.72 bits per heavy atom. The van der Waals surface area contributed by atoms with Gasteiger partial charge in [0.1, 0.15) is 0 Å². The zero-order valence-electron chi connectivity index (χ0n) is 12.1. The van der Waals surface area contributed by atoms with Gasteiger partial charge in [-0.15, -0.1) is 0 Å². The number of aliphatic hydroxyl groups is 1. The minimum absolute atomic E-state index is 0.0969. The highest BCUT2D eigenvalue weighted by molar-refractivity contribution is 4.90. The summed E-state index contributed by atoms with van der Waals surface area (Å²) in [6.07, 6.45) is 6.12. The molecule has 2 rings (SSSR count). The number of aliphatic hydroxyl groups excluding tert-OH is 1. The first-order valence-electron chi connectivity index (χ1n) is 7.65. The number of hydrogen-bond donors (Lipinski definition) is 2. The van der Waals surface area contributed by atoms with Crippen molar-refractivity contribution in [2.75, 3.05) is 26.2 Å². The Labute approximate surface area is 112 Å². The molecular weight excluding hydrogens is 224 g/mol. The molecule has 2 fully saturated rings. The van der Waals surface area contributed by atoms with Crippen LogP contribution in [-0.2, 0) is 0 Å². The maximum atomic E-state index is 9.81. The second-order valence-corrected chi connectivity index (χ2v) is 6.97.